The van der Waals surface area contributed by atoms with Crippen molar-refractivity contribution in [1.82, 2.24) is 9.97 Å². The van der Waals surface area contributed by atoms with E-state index in [1.165, 1.54) is 6.07 Å². The maximum absolute atomic E-state index is 13.9. The quantitative estimate of drug-likeness (QED) is 0.773. The Balaban J connectivity index is 2.34. The highest BCUT2D eigenvalue weighted by atomic mass is 19.1. The van der Waals surface area contributed by atoms with Crippen molar-refractivity contribution < 1.29 is 4.39 Å². The number of nitrogens with zero attached hydrogens (tertiary/aromatic N) is 2. The third-order valence-electron chi connectivity index (χ3n) is 3.22. The van der Waals surface area contributed by atoms with Gasteiger partial charge in [-0.3, -0.25) is 4.98 Å². The van der Waals surface area contributed by atoms with Gasteiger partial charge in [-0.05, 0) is 36.8 Å². The fourth-order valence-corrected chi connectivity index (χ4v) is 2.23. The average Bonchev–Trinajstić information content (AvgIpc) is 2.47. The zero-order valence-electron chi connectivity index (χ0n) is 11.0. The summed E-state index contributed by atoms with van der Waals surface area (Å²) in [6, 6.07) is 12.2. The number of halogens is 1. The lowest BCUT2D eigenvalue weighted by Crippen LogP contribution is -2.08. The number of hydrogen-bond acceptors (Lipinski definition) is 3. The molecule has 0 fully saturated rings. The zero-order chi connectivity index (χ0) is 14.1. The Bertz CT molecular complexity index is 754. The summed E-state index contributed by atoms with van der Waals surface area (Å²) < 4.78 is 13.9. The fourth-order valence-electron chi connectivity index (χ4n) is 2.23. The maximum atomic E-state index is 13.9. The average molecular weight is 267 g/mol. The van der Waals surface area contributed by atoms with E-state index in [0.717, 1.165) is 10.9 Å². The Kier molecular flexibility index (Phi) is 3.16. The van der Waals surface area contributed by atoms with E-state index < -0.39 is 0 Å². The van der Waals surface area contributed by atoms with Gasteiger partial charge in [0.05, 0.1) is 11.4 Å². The van der Waals surface area contributed by atoms with Crippen LogP contribution in [-0.2, 0) is 0 Å². The van der Waals surface area contributed by atoms with E-state index in [1.807, 2.05) is 37.3 Å². The first-order chi connectivity index (χ1) is 9.66. The molecule has 1 atom stereocenters. The summed E-state index contributed by atoms with van der Waals surface area (Å²) in [5, 5.41) is 0.747. The smallest absolute Gasteiger partial charge is 0.149 e. The van der Waals surface area contributed by atoms with Crippen LogP contribution in [0.15, 0.2) is 48.7 Å². The minimum atomic E-state index is -0.337. The third kappa shape index (κ3) is 2.14. The van der Waals surface area contributed by atoms with Crippen molar-refractivity contribution in [2.24, 2.45) is 5.73 Å². The molecule has 1 unspecified atom stereocenters. The standard InChI is InChI=1S/C16H14FN3/c1-10(18)12-9-11-5-4-6-13(17)15(11)20-16(12)14-7-2-3-8-19-14/h2-10H,18H2,1H3. The van der Waals surface area contributed by atoms with Crippen LogP contribution >= 0.6 is 0 Å². The van der Waals surface area contributed by atoms with Crippen molar-refractivity contribution in [1.29, 1.82) is 0 Å². The number of nitrogens with two attached hydrogens (primary N) is 1. The van der Waals surface area contributed by atoms with Crippen LogP contribution in [0.25, 0.3) is 22.3 Å². The molecule has 0 aliphatic carbocycles. The molecule has 3 rings (SSSR count). The Morgan fingerprint density at radius 1 is 1.15 bits per heavy atom. The van der Waals surface area contributed by atoms with Crippen LogP contribution in [0.3, 0.4) is 0 Å². The predicted octanol–water partition coefficient (Wildman–Crippen LogP) is 3.46. The molecule has 3 nitrogen and oxygen atoms in total. The summed E-state index contributed by atoms with van der Waals surface area (Å²) in [6.45, 7) is 1.88. The first-order valence-electron chi connectivity index (χ1n) is 6.43. The summed E-state index contributed by atoms with van der Waals surface area (Å²) in [7, 11) is 0. The van der Waals surface area contributed by atoms with Gasteiger partial charge >= 0.3 is 0 Å². The summed E-state index contributed by atoms with van der Waals surface area (Å²) in [4.78, 5) is 8.74. The van der Waals surface area contributed by atoms with Gasteiger partial charge in [-0.1, -0.05) is 18.2 Å². The van der Waals surface area contributed by atoms with E-state index in [9.17, 15) is 4.39 Å². The molecular formula is C16H14FN3. The Morgan fingerprint density at radius 2 is 2.00 bits per heavy atom. The second-order valence-corrected chi connectivity index (χ2v) is 4.74. The van der Waals surface area contributed by atoms with E-state index >= 15 is 0 Å². The van der Waals surface area contributed by atoms with Crippen molar-refractivity contribution in [3.8, 4) is 11.4 Å². The van der Waals surface area contributed by atoms with Crippen molar-refractivity contribution in [2.45, 2.75) is 13.0 Å². The van der Waals surface area contributed by atoms with E-state index in [4.69, 9.17) is 5.73 Å². The molecular weight excluding hydrogens is 253 g/mol. The number of fused-ring (bicyclic) bond motifs is 1. The van der Waals surface area contributed by atoms with Crippen LogP contribution in [0.4, 0.5) is 4.39 Å². The van der Waals surface area contributed by atoms with Gasteiger partial charge in [-0.25, -0.2) is 9.37 Å². The molecule has 4 heteroatoms. The van der Waals surface area contributed by atoms with Crippen molar-refractivity contribution in [3.63, 3.8) is 0 Å². The number of aromatic nitrogens is 2. The van der Waals surface area contributed by atoms with Gasteiger partial charge in [-0.15, -0.1) is 0 Å². The number of benzene rings is 1. The van der Waals surface area contributed by atoms with Crippen LogP contribution in [-0.4, -0.2) is 9.97 Å². The van der Waals surface area contributed by atoms with Gasteiger partial charge in [0.1, 0.15) is 11.3 Å². The molecule has 0 amide bonds. The minimum absolute atomic E-state index is 0.202. The van der Waals surface area contributed by atoms with Gasteiger partial charge in [-0.2, -0.15) is 0 Å². The molecule has 2 N–H and O–H groups in total. The van der Waals surface area contributed by atoms with Crippen LogP contribution in [0, 0.1) is 5.82 Å². The highest BCUT2D eigenvalue weighted by molar-refractivity contribution is 5.83. The first kappa shape index (κ1) is 12.7. The number of para-hydroxylation sites is 1. The minimum Gasteiger partial charge on any atom is -0.324 e. The van der Waals surface area contributed by atoms with Gasteiger partial charge in [0, 0.05) is 17.6 Å². The Hall–Kier alpha value is -2.33. The van der Waals surface area contributed by atoms with Gasteiger partial charge < -0.3 is 5.73 Å². The highest BCUT2D eigenvalue weighted by Crippen LogP contribution is 2.28. The Labute approximate surface area is 116 Å². The molecule has 0 spiro atoms. The molecule has 0 saturated carbocycles. The largest absolute Gasteiger partial charge is 0.324 e. The maximum Gasteiger partial charge on any atom is 0.149 e. The van der Waals surface area contributed by atoms with E-state index in [2.05, 4.69) is 9.97 Å². The summed E-state index contributed by atoms with van der Waals surface area (Å²) in [5.74, 6) is -0.337. The Morgan fingerprint density at radius 3 is 2.70 bits per heavy atom. The molecule has 20 heavy (non-hydrogen) atoms. The SMILES string of the molecule is CC(N)c1cc2cccc(F)c2nc1-c1ccccn1. The lowest BCUT2D eigenvalue weighted by Gasteiger charge is -2.13. The molecule has 1 aromatic carbocycles. The number of rotatable bonds is 2. The van der Waals surface area contributed by atoms with E-state index in [-0.39, 0.29) is 11.9 Å². The van der Waals surface area contributed by atoms with Gasteiger partial charge in [0.25, 0.3) is 0 Å². The third-order valence-corrected chi connectivity index (χ3v) is 3.22. The van der Waals surface area contributed by atoms with Gasteiger partial charge in [0.15, 0.2) is 0 Å². The molecule has 0 bridgehead atoms. The summed E-state index contributed by atoms with van der Waals surface area (Å²) in [6.07, 6.45) is 1.69. The number of pyridine rings is 2. The lowest BCUT2D eigenvalue weighted by molar-refractivity contribution is 0.636. The molecule has 0 radical (unpaired) electrons. The molecule has 3 aromatic rings. The number of hydrogen-bond donors (Lipinski definition) is 1. The van der Waals surface area contributed by atoms with E-state index in [1.54, 1.807) is 12.3 Å². The van der Waals surface area contributed by atoms with Crippen molar-refractivity contribution in [3.05, 3.63) is 60.0 Å². The fraction of sp³-hybridized carbons (Fsp3) is 0.125. The molecule has 2 aromatic heterocycles. The molecule has 0 aliphatic rings. The summed E-state index contributed by atoms with van der Waals surface area (Å²) in [5.41, 5.74) is 8.56. The molecule has 100 valence electrons. The molecule has 0 saturated heterocycles. The summed E-state index contributed by atoms with van der Waals surface area (Å²) >= 11 is 0. The molecule has 2 heterocycles. The second-order valence-electron chi connectivity index (χ2n) is 4.74. The lowest BCUT2D eigenvalue weighted by atomic mass is 10.0. The van der Waals surface area contributed by atoms with Crippen LogP contribution in [0.1, 0.15) is 18.5 Å². The first-order valence-corrected chi connectivity index (χ1v) is 6.43. The molecule has 0 aliphatic heterocycles. The normalized spacial score (nSPS) is 12.6. The topological polar surface area (TPSA) is 51.8 Å². The van der Waals surface area contributed by atoms with Crippen LogP contribution in [0.2, 0.25) is 0 Å². The van der Waals surface area contributed by atoms with Crippen LogP contribution < -0.4 is 5.73 Å². The predicted molar refractivity (Wildman–Crippen MR) is 77.5 cm³/mol. The monoisotopic (exact) mass is 267 g/mol. The zero-order valence-corrected chi connectivity index (χ0v) is 11.0. The van der Waals surface area contributed by atoms with E-state index in [0.29, 0.717) is 16.9 Å². The van der Waals surface area contributed by atoms with Gasteiger partial charge in [0.2, 0.25) is 0 Å². The van der Waals surface area contributed by atoms with Crippen molar-refractivity contribution >= 4 is 10.9 Å². The highest BCUT2D eigenvalue weighted by Gasteiger charge is 2.14. The second kappa shape index (κ2) is 4.98. The van der Waals surface area contributed by atoms with Crippen LogP contribution in [0.5, 0.6) is 0 Å². The van der Waals surface area contributed by atoms with Crippen molar-refractivity contribution in [2.75, 3.05) is 0 Å².